The molecule has 0 unspecified atom stereocenters. The number of amides is 2. The normalized spacial score (nSPS) is 18.9. The number of benzene rings is 1. The molecule has 1 heterocycles. The topological polar surface area (TPSA) is 64.7 Å². The minimum absolute atomic E-state index is 0.0124. The van der Waals surface area contributed by atoms with Gasteiger partial charge in [-0.2, -0.15) is 0 Å². The van der Waals surface area contributed by atoms with Crippen molar-refractivity contribution >= 4 is 17.5 Å². The zero-order valence-corrected chi connectivity index (χ0v) is 16.8. The van der Waals surface area contributed by atoms with Crippen LogP contribution in [0.5, 0.6) is 0 Å². The van der Waals surface area contributed by atoms with Gasteiger partial charge in [0.25, 0.3) is 0 Å². The Morgan fingerprint density at radius 2 is 1.44 bits per heavy atom. The van der Waals surface area contributed by atoms with E-state index in [1.165, 1.54) is 5.56 Å². The number of carbonyl (C=O) groups is 2. The van der Waals surface area contributed by atoms with Gasteiger partial charge in [-0.3, -0.25) is 19.4 Å². The predicted molar refractivity (Wildman–Crippen MR) is 108 cm³/mol. The lowest BCUT2D eigenvalue weighted by molar-refractivity contribution is -0.123. The van der Waals surface area contributed by atoms with E-state index in [0.717, 1.165) is 44.7 Å². The molecule has 6 nitrogen and oxygen atoms in total. The van der Waals surface area contributed by atoms with E-state index in [9.17, 15) is 9.59 Å². The molecule has 1 aromatic rings. The third-order valence-electron chi connectivity index (χ3n) is 5.18. The van der Waals surface area contributed by atoms with Crippen LogP contribution in [0, 0.1) is 0 Å². The largest absolute Gasteiger partial charge is 0.352 e. The highest BCUT2D eigenvalue weighted by Crippen LogP contribution is 2.23. The fourth-order valence-corrected chi connectivity index (χ4v) is 3.27. The number of rotatable bonds is 6. The number of piperazine rings is 1. The van der Waals surface area contributed by atoms with Gasteiger partial charge in [0, 0.05) is 37.9 Å². The Balaban J connectivity index is 1.38. The molecule has 0 radical (unpaired) electrons. The number of carbonyl (C=O) groups excluding carboxylic acids is 2. The molecule has 6 heteroatoms. The fraction of sp³-hybridized carbons (Fsp3) is 0.619. The van der Waals surface area contributed by atoms with Gasteiger partial charge >= 0.3 is 0 Å². The monoisotopic (exact) mass is 372 g/mol. The number of hydrogen-bond donors (Lipinski definition) is 2. The summed E-state index contributed by atoms with van der Waals surface area (Å²) in [6.07, 6.45) is 2.24. The van der Waals surface area contributed by atoms with Crippen molar-refractivity contribution in [3.8, 4) is 0 Å². The molecular weight excluding hydrogens is 340 g/mol. The predicted octanol–water partition coefficient (Wildman–Crippen LogP) is 1.82. The van der Waals surface area contributed by atoms with Crippen molar-refractivity contribution in [3.63, 3.8) is 0 Å². The molecule has 0 bridgehead atoms. The van der Waals surface area contributed by atoms with Crippen molar-refractivity contribution in [2.45, 2.75) is 45.1 Å². The van der Waals surface area contributed by atoms with Crippen LogP contribution in [-0.2, 0) is 15.0 Å². The third kappa shape index (κ3) is 6.33. The van der Waals surface area contributed by atoms with Crippen molar-refractivity contribution in [2.24, 2.45) is 0 Å². The van der Waals surface area contributed by atoms with Crippen LogP contribution in [0.15, 0.2) is 24.3 Å². The average Bonchev–Trinajstić information content (AvgIpc) is 3.40. The van der Waals surface area contributed by atoms with Crippen LogP contribution in [-0.4, -0.2) is 66.9 Å². The van der Waals surface area contributed by atoms with E-state index < -0.39 is 0 Å². The Morgan fingerprint density at radius 1 is 0.926 bits per heavy atom. The highest BCUT2D eigenvalue weighted by molar-refractivity contribution is 5.92. The van der Waals surface area contributed by atoms with Gasteiger partial charge in [0.2, 0.25) is 11.8 Å². The van der Waals surface area contributed by atoms with E-state index in [1.54, 1.807) is 0 Å². The van der Waals surface area contributed by atoms with Crippen LogP contribution >= 0.6 is 0 Å². The maximum absolute atomic E-state index is 12.3. The summed E-state index contributed by atoms with van der Waals surface area (Å²) in [4.78, 5) is 28.5. The Kier molecular flexibility index (Phi) is 6.17. The third-order valence-corrected chi connectivity index (χ3v) is 5.18. The molecule has 1 aliphatic carbocycles. The minimum atomic E-state index is 0.0124. The smallest absolute Gasteiger partial charge is 0.238 e. The summed E-state index contributed by atoms with van der Waals surface area (Å²) in [5, 5.41) is 6.01. The van der Waals surface area contributed by atoms with Gasteiger partial charge in [0.1, 0.15) is 0 Å². The Morgan fingerprint density at radius 3 is 1.93 bits per heavy atom. The van der Waals surface area contributed by atoms with Gasteiger partial charge in [-0.15, -0.1) is 0 Å². The van der Waals surface area contributed by atoms with Crippen molar-refractivity contribution < 1.29 is 9.59 Å². The van der Waals surface area contributed by atoms with Crippen LogP contribution in [0.2, 0.25) is 0 Å². The standard InChI is InChI=1S/C21H32N4O2/c1-21(2,3)16-4-6-17(7-5-16)22-19(26)14-24-10-12-25(13-11-24)15-20(27)23-18-8-9-18/h4-7,18H,8-15H2,1-3H3,(H,22,26)(H,23,27). The summed E-state index contributed by atoms with van der Waals surface area (Å²) < 4.78 is 0. The molecule has 3 rings (SSSR count). The van der Waals surface area contributed by atoms with Crippen LogP contribution in [0.4, 0.5) is 5.69 Å². The number of nitrogens with zero attached hydrogens (tertiary/aromatic N) is 2. The molecule has 1 aliphatic heterocycles. The zero-order valence-electron chi connectivity index (χ0n) is 16.8. The van der Waals surface area contributed by atoms with Crippen molar-refractivity contribution in [1.29, 1.82) is 0 Å². The van der Waals surface area contributed by atoms with E-state index in [4.69, 9.17) is 0 Å². The van der Waals surface area contributed by atoms with E-state index >= 15 is 0 Å². The van der Waals surface area contributed by atoms with Gasteiger partial charge in [0.15, 0.2) is 0 Å². The van der Waals surface area contributed by atoms with Gasteiger partial charge in [0.05, 0.1) is 13.1 Å². The molecular formula is C21H32N4O2. The molecule has 1 aromatic carbocycles. The highest BCUT2D eigenvalue weighted by atomic mass is 16.2. The second kappa shape index (κ2) is 8.40. The van der Waals surface area contributed by atoms with Gasteiger partial charge in [-0.25, -0.2) is 0 Å². The van der Waals surface area contributed by atoms with Gasteiger partial charge < -0.3 is 10.6 Å². The van der Waals surface area contributed by atoms with Crippen molar-refractivity contribution in [1.82, 2.24) is 15.1 Å². The number of hydrogen-bond acceptors (Lipinski definition) is 4. The molecule has 1 saturated heterocycles. The van der Waals surface area contributed by atoms with E-state index in [1.807, 2.05) is 12.1 Å². The first-order valence-electron chi connectivity index (χ1n) is 9.94. The van der Waals surface area contributed by atoms with Crippen LogP contribution in [0.25, 0.3) is 0 Å². The van der Waals surface area contributed by atoms with Crippen LogP contribution in [0.1, 0.15) is 39.2 Å². The molecule has 2 aliphatic rings. The Hall–Kier alpha value is -1.92. The second-order valence-corrected chi connectivity index (χ2v) is 8.77. The first kappa shape index (κ1) is 19.8. The van der Waals surface area contributed by atoms with Crippen molar-refractivity contribution in [2.75, 3.05) is 44.6 Å². The molecule has 2 amide bonds. The quantitative estimate of drug-likeness (QED) is 0.800. The second-order valence-electron chi connectivity index (χ2n) is 8.77. The van der Waals surface area contributed by atoms with E-state index in [0.29, 0.717) is 19.1 Å². The summed E-state index contributed by atoms with van der Waals surface area (Å²) in [5.41, 5.74) is 2.20. The average molecular weight is 373 g/mol. The molecule has 2 fully saturated rings. The SMILES string of the molecule is CC(C)(C)c1ccc(NC(=O)CN2CCN(CC(=O)NC3CC3)CC2)cc1. The summed E-state index contributed by atoms with van der Waals surface area (Å²) >= 11 is 0. The Bertz CT molecular complexity index is 654. The molecule has 0 aromatic heterocycles. The molecule has 1 saturated carbocycles. The maximum atomic E-state index is 12.3. The molecule has 2 N–H and O–H groups in total. The first-order chi connectivity index (χ1) is 12.8. The summed E-state index contributed by atoms with van der Waals surface area (Å²) in [5.74, 6) is 0.140. The van der Waals surface area contributed by atoms with Crippen LogP contribution < -0.4 is 10.6 Å². The molecule has 148 valence electrons. The van der Waals surface area contributed by atoms with Crippen molar-refractivity contribution in [3.05, 3.63) is 29.8 Å². The summed E-state index contributed by atoms with van der Waals surface area (Å²) in [7, 11) is 0. The molecule has 27 heavy (non-hydrogen) atoms. The molecule has 0 atom stereocenters. The first-order valence-corrected chi connectivity index (χ1v) is 9.94. The van der Waals surface area contributed by atoms with E-state index in [2.05, 4.69) is 53.3 Å². The number of anilines is 1. The van der Waals surface area contributed by atoms with Crippen LogP contribution in [0.3, 0.4) is 0 Å². The lowest BCUT2D eigenvalue weighted by atomic mass is 9.87. The summed E-state index contributed by atoms with van der Waals surface area (Å²) in [6, 6.07) is 8.49. The lowest BCUT2D eigenvalue weighted by Crippen LogP contribution is -2.51. The van der Waals surface area contributed by atoms with E-state index in [-0.39, 0.29) is 17.2 Å². The van der Waals surface area contributed by atoms with Gasteiger partial charge in [-0.1, -0.05) is 32.9 Å². The van der Waals surface area contributed by atoms with Gasteiger partial charge in [-0.05, 0) is 36.0 Å². The fourth-order valence-electron chi connectivity index (χ4n) is 3.27. The molecule has 0 spiro atoms. The number of nitrogens with one attached hydrogen (secondary N) is 2. The summed E-state index contributed by atoms with van der Waals surface area (Å²) in [6.45, 7) is 10.7. The highest BCUT2D eigenvalue weighted by Gasteiger charge is 2.25. The lowest BCUT2D eigenvalue weighted by Gasteiger charge is -2.33. The maximum Gasteiger partial charge on any atom is 0.238 e. The minimum Gasteiger partial charge on any atom is -0.352 e. The zero-order chi connectivity index (χ0) is 19.4. The Labute approximate surface area is 162 Å².